The van der Waals surface area contributed by atoms with Crippen molar-refractivity contribution in [1.82, 2.24) is 0 Å². The number of hydrogen-bond donors (Lipinski definition) is 1. The van der Waals surface area contributed by atoms with Gasteiger partial charge in [0.2, 0.25) is 0 Å². The Morgan fingerprint density at radius 3 is 2.00 bits per heavy atom. The Balaban J connectivity index is 2.80. The van der Waals surface area contributed by atoms with Crippen molar-refractivity contribution in [3.63, 3.8) is 0 Å². The van der Waals surface area contributed by atoms with E-state index in [-0.39, 0.29) is 0 Å². The number of hydrogen-bond acceptors (Lipinski definition) is 2. The van der Waals surface area contributed by atoms with E-state index in [0.717, 1.165) is 0 Å². The summed E-state index contributed by atoms with van der Waals surface area (Å²) >= 11 is 3.90. The highest BCUT2D eigenvalue weighted by Crippen LogP contribution is 1.34. The third-order valence-electron chi connectivity index (χ3n) is 0. The molecule has 3 heteroatoms. The van der Waals surface area contributed by atoms with Crippen molar-refractivity contribution >= 4 is 19.5 Å². The van der Waals surface area contributed by atoms with Crippen molar-refractivity contribution in [3.05, 3.63) is 0 Å². The summed E-state index contributed by atoms with van der Waals surface area (Å²) in [5, 5.41) is 7.59. The second-order valence-electron chi connectivity index (χ2n) is 0.352. The Kier molecular flexibility index (Phi) is 0.979. The predicted octanol–water partition coefficient (Wildman–Crippen LogP) is -0.449. The Morgan fingerprint density at radius 1 is 2.00 bits per heavy atom. The molecule has 0 saturated carbocycles. The first-order valence-corrected chi connectivity index (χ1v) is 1.06. The van der Waals surface area contributed by atoms with E-state index in [4.69, 9.17) is 5.21 Å². The Hall–Kier alpha value is -0.310. The molecule has 4 heavy (non-hydrogen) atoms. The summed E-state index contributed by atoms with van der Waals surface area (Å²) in [6.45, 7) is 2.84. The van der Waals surface area contributed by atoms with E-state index in [1.807, 2.05) is 0 Å². The van der Waals surface area contributed by atoms with Gasteiger partial charge in [-0.2, -0.15) is 0 Å². The molecule has 0 fully saturated rings. The van der Waals surface area contributed by atoms with Crippen molar-refractivity contribution in [2.75, 3.05) is 0 Å². The molecule has 0 aromatic rings. The monoisotopic (exact) mass is 77.0 g/mol. The summed E-state index contributed by atoms with van der Waals surface area (Å²) in [5.41, 5.74) is 0. The molecule has 0 unspecified atom stereocenters. The smallest absolute Gasteiger partial charge is 0.161 e. The maximum atomic E-state index is 7.59. The van der Waals surface area contributed by atoms with Crippen LogP contribution in [0.25, 0.3) is 0 Å². The molecule has 0 radical (unpaired) electrons. The molecule has 1 N–H and O–H groups in total. The summed E-state index contributed by atoms with van der Waals surface area (Å²) in [6, 6.07) is 0. The van der Waals surface area contributed by atoms with Gasteiger partial charge in [0.15, 0.2) is 6.72 Å². The Bertz CT molecular complexity index is 31.0. The molecule has 0 aromatic carbocycles. The molecule has 0 atom stereocenters. The zero-order valence-corrected chi connectivity index (χ0v) is 2.83. The highest BCUT2D eigenvalue weighted by molar-refractivity contribution is 7.51. The first-order valence-electron chi connectivity index (χ1n) is 0.699. The van der Waals surface area contributed by atoms with Crippen LogP contribution in [0.2, 0.25) is 0 Å². The summed E-state index contributed by atoms with van der Waals surface area (Å²) < 4.78 is 0.333. The van der Waals surface area contributed by atoms with E-state index in [9.17, 15) is 0 Å². The van der Waals surface area contributed by atoms with Crippen LogP contribution in [-0.4, -0.2) is 16.1 Å². The first kappa shape index (κ1) is 3.69. The topological polar surface area (TPSA) is 23.2 Å². The fourth-order valence-corrected chi connectivity index (χ4v) is 0. The summed E-state index contributed by atoms with van der Waals surface area (Å²) in [7, 11) is 0. The Labute approximate surface area is 29.9 Å². The van der Waals surface area contributed by atoms with Gasteiger partial charge in [-0.1, -0.05) is 0 Å². The summed E-state index contributed by atoms with van der Waals surface area (Å²) in [6.07, 6.45) is 0. The first-order chi connectivity index (χ1) is 1.73. The van der Waals surface area contributed by atoms with Crippen LogP contribution in [0.3, 0.4) is 0 Å². The average molecular weight is 77.1 g/mol. The van der Waals surface area contributed by atoms with E-state index >= 15 is 0 Å². The minimum atomic E-state index is 0.333. The minimum Gasteiger partial charge on any atom is -0.371 e. The highest BCUT2D eigenvalue weighted by Gasteiger charge is 1.41. The molecular formula is CH3NOS. The lowest BCUT2D eigenvalue weighted by molar-refractivity contribution is -0.637. The SMILES string of the molecule is C=[N+](O)[S-]. The molecule has 24 valence electrons. The molecule has 2 nitrogen and oxygen atoms in total. The lowest BCUT2D eigenvalue weighted by Crippen LogP contribution is -1.84. The molecule has 0 aliphatic heterocycles. The van der Waals surface area contributed by atoms with Crippen molar-refractivity contribution in [2.24, 2.45) is 0 Å². The van der Waals surface area contributed by atoms with Crippen molar-refractivity contribution < 1.29 is 9.35 Å². The zero-order chi connectivity index (χ0) is 3.58. The normalized spacial score (nSPS) is 6.00. The van der Waals surface area contributed by atoms with Crippen molar-refractivity contribution in [1.29, 1.82) is 0 Å². The van der Waals surface area contributed by atoms with Crippen molar-refractivity contribution in [2.45, 2.75) is 0 Å². The molecule has 0 aliphatic rings. The van der Waals surface area contributed by atoms with Crippen molar-refractivity contribution in [3.8, 4) is 0 Å². The van der Waals surface area contributed by atoms with Crippen LogP contribution >= 0.6 is 0 Å². The second kappa shape index (κ2) is 1.06. The van der Waals surface area contributed by atoms with Gasteiger partial charge in [-0.3, -0.25) is 0 Å². The largest absolute Gasteiger partial charge is 0.371 e. The minimum absolute atomic E-state index is 0.333. The number of rotatable bonds is 0. The molecule has 0 bridgehead atoms. The third kappa shape index (κ3) is 8.37. The maximum absolute atomic E-state index is 7.59. The van der Waals surface area contributed by atoms with E-state index < -0.39 is 0 Å². The van der Waals surface area contributed by atoms with Crippen LogP contribution in [0.5, 0.6) is 0 Å². The van der Waals surface area contributed by atoms with Gasteiger partial charge < -0.3 is 18.0 Å². The van der Waals surface area contributed by atoms with Gasteiger partial charge in [0.1, 0.15) is 0 Å². The molecule has 0 amide bonds. The quantitative estimate of drug-likeness (QED) is 0.139. The Morgan fingerprint density at radius 2 is 2.00 bits per heavy atom. The fraction of sp³-hybridized carbons (Fsp3) is 0. The van der Waals surface area contributed by atoms with Gasteiger partial charge in [0.25, 0.3) is 0 Å². The average Bonchev–Trinajstić information content (AvgIpc) is 0.811. The van der Waals surface area contributed by atoms with E-state index in [1.165, 1.54) is 0 Å². The fourth-order valence-electron chi connectivity index (χ4n) is 0. The van der Waals surface area contributed by atoms with Crippen LogP contribution < -0.4 is 0 Å². The third-order valence-corrected chi connectivity index (χ3v) is 0. The molecule has 0 spiro atoms. The molecular weight excluding hydrogens is 74.1 g/mol. The molecule has 0 rings (SSSR count). The van der Waals surface area contributed by atoms with E-state index in [2.05, 4.69) is 19.5 Å². The van der Waals surface area contributed by atoms with E-state index in [1.54, 1.807) is 0 Å². The standard InChI is InChI=1S/CH3NOS/c1-2(3)4/h1H2,(H,3,4). The van der Waals surface area contributed by atoms with Crippen LogP contribution in [0.15, 0.2) is 0 Å². The summed E-state index contributed by atoms with van der Waals surface area (Å²) in [5.74, 6) is 0. The van der Waals surface area contributed by atoms with Gasteiger partial charge >= 0.3 is 0 Å². The lowest BCUT2D eigenvalue weighted by atomic mass is 11.8. The molecule has 0 heterocycles. The van der Waals surface area contributed by atoms with Gasteiger partial charge in [0, 0.05) is 0 Å². The summed E-state index contributed by atoms with van der Waals surface area (Å²) in [4.78, 5) is 0. The van der Waals surface area contributed by atoms with Gasteiger partial charge in [0.05, 0.1) is 0 Å². The molecule has 0 aliphatic carbocycles. The molecule has 0 aromatic heterocycles. The van der Waals surface area contributed by atoms with E-state index in [0.29, 0.717) is 4.14 Å². The van der Waals surface area contributed by atoms with Gasteiger partial charge in [-0.15, -0.1) is 4.14 Å². The van der Waals surface area contributed by atoms with Crippen LogP contribution in [0, 0.1) is 0 Å². The van der Waals surface area contributed by atoms with Gasteiger partial charge in [-0.05, 0) is 0 Å². The van der Waals surface area contributed by atoms with Crippen LogP contribution in [0.1, 0.15) is 0 Å². The molecule has 0 saturated heterocycles. The maximum Gasteiger partial charge on any atom is 0.161 e. The lowest BCUT2D eigenvalue weighted by Gasteiger charge is -1.78. The van der Waals surface area contributed by atoms with Crippen LogP contribution in [0.4, 0.5) is 0 Å². The highest BCUT2D eigenvalue weighted by atomic mass is 32.1. The van der Waals surface area contributed by atoms with Crippen LogP contribution in [-0.2, 0) is 12.8 Å². The second-order valence-corrected chi connectivity index (χ2v) is 0.774. The zero-order valence-electron chi connectivity index (χ0n) is 2.01. The predicted molar refractivity (Wildman–Crippen MR) is 16.5 cm³/mol. The number of nitrogens with zero attached hydrogens (tertiary/aromatic N) is 1. The van der Waals surface area contributed by atoms with Gasteiger partial charge in [-0.25, -0.2) is 0 Å².